The van der Waals surface area contributed by atoms with Gasteiger partial charge >= 0.3 is 5.69 Å². The van der Waals surface area contributed by atoms with Gasteiger partial charge in [0.15, 0.2) is 11.5 Å². The van der Waals surface area contributed by atoms with Crippen LogP contribution in [0.15, 0.2) is 83.9 Å². The lowest BCUT2D eigenvalue weighted by Crippen LogP contribution is -2.50. The van der Waals surface area contributed by atoms with Crippen LogP contribution in [-0.2, 0) is 4.79 Å². The van der Waals surface area contributed by atoms with E-state index in [2.05, 4.69) is 20.2 Å². The molecule has 6 rings (SSSR count). The summed E-state index contributed by atoms with van der Waals surface area (Å²) in [7, 11) is 0. The van der Waals surface area contributed by atoms with E-state index in [0.29, 0.717) is 30.3 Å². The van der Waals surface area contributed by atoms with Crippen molar-refractivity contribution < 1.29 is 14.3 Å². The number of benzene rings is 3. The van der Waals surface area contributed by atoms with E-state index in [1.54, 1.807) is 10.9 Å². The molecule has 218 valence electrons. The molecule has 1 N–H and O–H groups in total. The molecule has 1 atom stereocenters. The van der Waals surface area contributed by atoms with Gasteiger partial charge < -0.3 is 19.7 Å². The maximum Gasteiger partial charge on any atom is 0.350 e. The minimum atomic E-state index is -0.730. The number of fused-ring (bicyclic) bond motifs is 1. The summed E-state index contributed by atoms with van der Waals surface area (Å²) >= 11 is 0. The third-order valence-electron chi connectivity index (χ3n) is 7.64. The van der Waals surface area contributed by atoms with Crippen molar-refractivity contribution in [3.63, 3.8) is 0 Å². The fourth-order valence-electron chi connectivity index (χ4n) is 5.58. The van der Waals surface area contributed by atoms with Gasteiger partial charge in [-0.3, -0.25) is 9.69 Å². The van der Waals surface area contributed by atoms with E-state index in [9.17, 15) is 9.59 Å². The predicted octanol–water partition coefficient (Wildman–Crippen LogP) is 4.62. The molecule has 10 nitrogen and oxygen atoms in total. The normalized spacial score (nSPS) is 16.9. The molecule has 2 aliphatic rings. The van der Waals surface area contributed by atoms with E-state index in [1.165, 1.54) is 4.68 Å². The van der Waals surface area contributed by atoms with Crippen molar-refractivity contribution in [3.05, 3.63) is 95.2 Å². The number of rotatable bonds is 7. The van der Waals surface area contributed by atoms with Gasteiger partial charge in [-0.2, -0.15) is 5.10 Å². The molecule has 4 aromatic rings. The summed E-state index contributed by atoms with van der Waals surface area (Å²) in [5.41, 5.74) is 3.31. The average Bonchev–Trinajstić information content (AvgIpc) is 3.51. The van der Waals surface area contributed by atoms with Crippen LogP contribution in [0.25, 0.3) is 5.69 Å². The molecule has 0 spiro atoms. The summed E-state index contributed by atoms with van der Waals surface area (Å²) in [4.78, 5) is 31.0. The van der Waals surface area contributed by atoms with Crippen LogP contribution in [0.5, 0.6) is 11.5 Å². The Morgan fingerprint density at radius 2 is 1.55 bits per heavy atom. The number of ether oxygens (including phenoxy) is 2. The second-order valence-electron chi connectivity index (χ2n) is 11.4. The van der Waals surface area contributed by atoms with Gasteiger partial charge in [-0.05, 0) is 55.8 Å². The maximum atomic E-state index is 13.8. The van der Waals surface area contributed by atoms with Crippen LogP contribution >= 0.6 is 0 Å². The van der Waals surface area contributed by atoms with Crippen molar-refractivity contribution in [1.82, 2.24) is 19.2 Å². The van der Waals surface area contributed by atoms with Crippen molar-refractivity contribution in [1.29, 1.82) is 0 Å². The molecule has 0 saturated carbocycles. The molecule has 1 fully saturated rings. The fourth-order valence-corrected chi connectivity index (χ4v) is 5.58. The number of carbonyl (C=O) groups is 1. The first-order valence-corrected chi connectivity index (χ1v) is 14.3. The average molecular weight is 569 g/mol. The quantitative estimate of drug-likeness (QED) is 0.348. The molecule has 0 aliphatic carbocycles. The lowest BCUT2D eigenvalue weighted by molar-refractivity contribution is -0.121. The van der Waals surface area contributed by atoms with Gasteiger partial charge in [0.25, 0.3) is 0 Å². The number of nitrogens with zero attached hydrogens (tertiary/aromatic N) is 5. The van der Waals surface area contributed by atoms with E-state index in [1.807, 2.05) is 100 Å². The molecule has 3 aromatic carbocycles. The molecule has 1 saturated heterocycles. The van der Waals surface area contributed by atoms with E-state index < -0.39 is 11.8 Å². The first-order chi connectivity index (χ1) is 20.2. The van der Waals surface area contributed by atoms with E-state index in [4.69, 9.17) is 9.47 Å². The molecule has 10 heteroatoms. The highest BCUT2D eigenvalue weighted by atomic mass is 16.7. The Morgan fingerprint density at radius 1 is 0.881 bits per heavy atom. The van der Waals surface area contributed by atoms with Crippen molar-refractivity contribution in [2.75, 3.05) is 36.4 Å². The monoisotopic (exact) mass is 568 g/mol. The molecule has 0 radical (unpaired) electrons. The molecule has 1 aromatic heterocycles. The molecule has 3 heterocycles. The Balaban J connectivity index is 1.15. The van der Waals surface area contributed by atoms with Crippen LogP contribution in [0.2, 0.25) is 0 Å². The summed E-state index contributed by atoms with van der Waals surface area (Å²) in [6, 6.07) is 22.9. The summed E-state index contributed by atoms with van der Waals surface area (Å²) in [5, 5.41) is 7.33. The smallest absolute Gasteiger partial charge is 0.350 e. The topological polar surface area (TPSA) is 93.9 Å². The Kier molecular flexibility index (Phi) is 7.24. The SMILES string of the molecule is CC(C)n1ncn(-c2ccc(N3CCN(C(C(=O)Nc4ccc5c(c4)OC(C)(C)O5)c4ccccc4)CC3)cc2)c1=O. The number of nitrogens with one attached hydrogen (secondary N) is 1. The minimum Gasteiger partial charge on any atom is -0.449 e. The Hall–Kier alpha value is -4.57. The lowest BCUT2D eigenvalue weighted by Gasteiger charge is -2.39. The molecule has 1 amide bonds. The van der Waals surface area contributed by atoms with Gasteiger partial charge in [-0.15, -0.1) is 0 Å². The van der Waals surface area contributed by atoms with E-state index >= 15 is 0 Å². The van der Waals surface area contributed by atoms with Crippen LogP contribution in [0.1, 0.15) is 45.3 Å². The summed E-state index contributed by atoms with van der Waals surface area (Å²) in [6.07, 6.45) is 1.56. The number of aromatic nitrogens is 3. The molecule has 1 unspecified atom stereocenters. The molecular formula is C32H36N6O4. The van der Waals surface area contributed by atoms with Crippen LogP contribution in [0.4, 0.5) is 11.4 Å². The number of carbonyl (C=O) groups excluding carboxylic acids is 1. The Morgan fingerprint density at radius 3 is 2.21 bits per heavy atom. The second-order valence-corrected chi connectivity index (χ2v) is 11.4. The van der Waals surface area contributed by atoms with Gasteiger partial charge in [0, 0.05) is 57.5 Å². The predicted molar refractivity (Wildman–Crippen MR) is 162 cm³/mol. The highest BCUT2D eigenvalue weighted by Gasteiger charge is 2.33. The summed E-state index contributed by atoms with van der Waals surface area (Å²) in [6.45, 7) is 10.5. The van der Waals surface area contributed by atoms with Gasteiger partial charge in [-0.25, -0.2) is 14.0 Å². The maximum absolute atomic E-state index is 13.8. The zero-order valence-electron chi connectivity index (χ0n) is 24.4. The van der Waals surface area contributed by atoms with Crippen molar-refractivity contribution in [2.45, 2.75) is 45.6 Å². The summed E-state index contributed by atoms with van der Waals surface area (Å²) in [5.74, 6) is 0.461. The Bertz CT molecular complexity index is 1620. The van der Waals surface area contributed by atoms with E-state index in [-0.39, 0.29) is 17.6 Å². The fraction of sp³-hybridized carbons (Fsp3) is 0.344. The number of hydrogen-bond acceptors (Lipinski definition) is 7. The number of hydrogen-bond donors (Lipinski definition) is 1. The van der Waals surface area contributed by atoms with Crippen LogP contribution in [-0.4, -0.2) is 57.1 Å². The number of anilines is 2. The largest absolute Gasteiger partial charge is 0.449 e. The molecule has 2 aliphatic heterocycles. The zero-order chi connectivity index (χ0) is 29.4. The molecule has 0 bridgehead atoms. The standard InChI is InChI=1S/C32H36N6O4/c1-22(2)38-31(40)37(21-33-38)26-13-11-25(12-14-26)35-16-18-36(19-17-35)29(23-8-6-5-7-9-23)30(39)34-24-10-15-27-28(20-24)42-32(3,4)41-27/h5-15,20-22,29H,16-19H2,1-4H3,(H,34,39). The first kappa shape index (κ1) is 27.6. The lowest BCUT2D eigenvalue weighted by atomic mass is 10.0. The third kappa shape index (κ3) is 5.49. The highest BCUT2D eigenvalue weighted by Crippen LogP contribution is 2.41. The van der Waals surface area contributed by atoms with Crippen LogP contribution in [0.3, 0.4) is 0 Å². The number of amides is 1. The van der Waals surface area contributed by atoms with Crippen molar-refractivity contribution in [2.24, 2.45) is 0 Å². The molecular weight excluding hydrogens is 532 g/mol. The zero-order valence-corrected chi connectivity index (χ0v) is 24.4. The second kappa shape index (κ2) is 11.0. The van der Waals surface area contributed by atoms with Gasteiger partial charge in [0.1, 0.15) is 12.4 Å². The van der Waals surface area contributed by atoms with Crippen molar-refractivity contribution in [3.8, 4) is 17.2 Å². The van der Waals surface area contributed by atoms with Gasteiger partial charge in [0.05, 0.1) is 11.7 Å². The Labute approximate surface area is 245 Å². The number of piperazine rings is 1. The summed E-state index contributed by atoms with van der Waals surface area (Å²) < 4.78 is 14.7. The van der Waals surface area contributed by atoms with E-state index in [0.717, 1.165) is 30.0 Å². The highest BCUT2D eigenvalue weighted by molar-refractivity contribution is 5.96. The molecule has 42 heavy (non-hydrogen) atoms. The van der Waals surface area contributed by atoms with Crippen LogP contribution in [0, 0.1) is 0 Å². The first-order valence-electron chi connectivity index (χ1n) is 14.3. The van der Waals surface area contributed by atoms with Gasteiger partial charge in [0.2, 0.25) is 11.7 Å². The third-order valence-corrected chi connectivity index (χ3v) is 7.64. The van der Waals surface area contributed by atoms with Gasteiger partial charge in [-0.1, -0.05) is 30.3 Å². The van der Waals surface area contributed by atoms with Crippen LogP contribution < -0.4 is 25.4 Å². The van der Waals surface area contributed by atoms with Crippen molar-refractivity contribution >= 4 is 17.3 Å². The minimum absolute atomic E-state index is 0.000501.